The number of nitrogens with zero attached hydrogens (tertiary/aromatic N) is 1. The molecule has 0 aromatic heterocycles. The highest BCUT2D eigenvalue weighted by molar-refractivity contribution is 8.00. The van der Waals surface area contributed by atoms with Crippen molar-refractivity contribution in [1.29, 1.82) is 0 Å². The Morgan fingerprint density at radius 1 is 1.24 bits per heavy atom. The van der Waals surface area contributed by atoms with Crippen LogP contribution in [-0.2, 0) is 28.3 Å². The van der Waals surface area contributed by atoms with Gasteiger partial charge in [0.25, 0.3) is 0 Å². The predicted octanol–water partition coefficient (Wildman–Crippen LogP) is -0.179. The average molecular weight is 566 g/mol. The minimum atomic E-state index is -3.42. The van der Waals surface area contributed by atoms with Crippen LogP contribution in [0.5, 0.6) is 0 Å². The number of alkyl halides is 2. The number of hydrogen-bond donors (Lipinski definition) is 6. The first-order chi connectivity index (χ1) is 16.0. The molecule has 0 spiro atoms. The Morgan fingerprint density at radius 2 is 1.88 bits per heavy atom. The van der Waals surface area contributed by atoms with Crippen LogP contribution in [0, 0.1) is 0 Å². The Bertz CT molecular complexity index is 761. The zero-order valence-corrected chi connectivity index (χ0v) is 21.5. The van der Waals surface area contributed by atoms with Gasteiger partial charge >= 0.3 is 19.6 Å². The topological polar surface area (TPSA) is 200 Å². The molecular formula is C17H30Cl2N5O8PS. The fraction of sp³-hybridized carbons (Fsp3) is 0.765. The van der Waals surface area contributed by atoms with Gasteiger partial charge in [-0.05, 0) is 12.8 Å². The van der Waals surface area contributed by atoms with Crippen molar-refractivity contribution < 1.29 is 38.5 Å². The summed E-state index contributed by atoms with van der Waals surface area (Å²) >= 11 is 12.8. The van der Waals surface area contributed by atoms with E-state index in [0.717, 1.165) is 0 Å². The molecule has 1 aliphatic heterocycles. The summed E-state index contributed by atoms with van der Waals surface area (Å²) in [6, 6.07) is -2.35. The van der Waals surface area contributed by atoms with Gasteiger partial charge in [-0.1, -0.05) is 0 Å². The maximum absolute atomic E-state index is 13.2. The molecule has 0 aromatic rings. The van der Waals surface area contributed by atoms with Crippen molar-refractivity contribution in [3.63, 3.8) is 0 Å². The maximum atomic E-state index is 13.2. The zero-order chi connectivity index (χ0) is 25.7. The lowest BCUT2D eigenvalue weighted by Crippen LogP contribution is -2.50. The van der Waals surface area contributed by atoms with E-state index in [1.54, 1.807) is 0 Å². The normalized spacial score (nSPS) is 22.1. The lowest BCUT2D eigenvalue weighted by atomic mass is 10.1. The highest BCUT2D eigenvalue weighted by Crippen LogP contribution is 2.50. The van der Waals surface area contributed by atoms with Gasteiger partial charge in [0.05, 0.1) is 12.0 Å². The van der Waals surface area contributed by atoms with Gasteiger partial charge in [0.1, 0.15) is 18.6 Å². The number of halogens is 2. The van der Waals surface area contributed by atoms with Crippen molar-refractivity contribution in [1.82, 2.24) is 20.4 Å². The number of thioether (sulfide) groups is 1. The van der Waals surface area contributed by atoms with Crippen LogP contribution in [0.15, 0.2) is 0 Å². The quantitative estimate of drug-likeness (QED) is 0.107. The van der Waals surface area contributed by atoms with Crippen LogP contribution in [-0.4, -0.2) is 99.8 Å². The summed E-state index contributed by atoms with van der Waals surface area (Å²) in [5.41, 5.74) is 5.39. The summed E-state index contributed by atoms with van der Waals surface area (Å²) in [6.45, 7) is 0.101. The largest absolute Gasteiger partial charge is 0.480 e. The second kappa shape index (κ2) is 15.8. The zero-order valence-electron chi connectivity index (χ0n) is 18.3. The number of amides is 2. The highest BCUT2D eigenvalue weighted by atomic mass is 35.5. The van der Waals surface area contributed by atoms with Crippen molar-refractivity contribution >= 4 is 66.4 Å². The van der Waals surface area contributed by atoms with E-state index >= 15 is 0 Å². The molecule has 1 aliphatic rings. The van der Waals surface area contributed by atoms with Gasteiger partial charge in [-0.2, -0.15) is 0 Å². The fourth-order valence-corrected chi connectivity index (χ4v) is 7.02. The van der Waals surface area contributed by atoms with Gasteiger partial charge in [0.2, 0.25) is 11.8 Å². The molecule has 13 nitrogen and oxygen atoms in total. The maximum Gasteiger partial charge on any atom is 0.344 e. The molecule has 0 unspecified atom stereocenters. The van der Waals surface area contributed by atoms with Crippen LogP contribution in [0.25, 0.3) is 0 Å². The minimum absolute atomic E-state index is 0.0187. The molecule has 7 N–H and O–H groups in total. The number of carbonyl (C=O) groups excluding carboxylic acids is 2. The second-order valence-electron chi connectivity index (χ2n) is 7.14. The summed E-state index contributed by atoms with van der Waals surface area (Å²) in [5, 5.41) is 24.8. The molecular weight excluding hydrogens is 536 g/mol. The summed E-state index contributed by atoms with van der Waals surface area (Å²) in [6.07, 6.45) is 0.0754. The van der Waals surface area contributed by atoms with Crippen molar-refractivity contribution in [2.75, 3.05) is 43.8 Å². The van der Waals surface area contributed by atoms with E-state index in [-0.39, 0.29) is 50.1 Å². The van der Waals surface area contributed by atoms with Gasteiger partial charge in [-0.3, -0.25) is 23.7 Å². The Kier molecular flexibility index (Phi) is 14.4. The molecule has 1 saturated heterocycles. The Labute approximate surface area is 211 Å². The molecule has 34 heavy (non-hydrogen) atoms. The number of carboxylic acid groups (broad SMARTS) is 2. The minimum Gasteiger partial charge on any atom is -0.480 e. The van der Waals surface area contributed by atoms with Crippen molar-refractivity contribution in [2.24, 2.45) is 5.73 Å². The standard InChI is InChI=1S/C17H30Cl2N5O8PS/c18-4-6-24(7-5-19)33(31)23-14(3-8-32-33)34-10-12(16(28)21-9-15(26)27)22-13(25)2-1-11(20)17(29)30/h11-12,14H,1-10,20H2,(H,21,28)(H,22,25)(H,23,31)(H,26,27)(H,29,30)/t11-,12-,14+,33+/m0/s1. The first-order valence-electron chi connectivity index (χ1n) is 10.3. The van der Waals surface area contributed by atoms with Gasteiger partial charge < -0.3 is 31.1 Å². The van der Waals surface area contributed by atoms with Gasteiger partial charge in [-0.15, -0.1) is 35.0 Å². The number of carboxylic acids is 2. The molecule has 0 radical (unpaired) electrons. The third kappa shape index (κ3) is 11.1. The Balaban J connectivity index is 2.79. The van der Waals surface area contributed by atoms with Crippen LogP contribution in [0.1, 0.15) is 19.3 Å². The molecule has 1 heterocycles. The molecule has 196 valence electrons. The lowest BCUT2D eigenvalue weighted by Gasteiger charge is -2.37. The van der Waals surface area contributed by atoms with Crippen molar-refractivity contribution in [2.45, 2.75) is 36.7 Å². The van der Waals surface area contributed by atoms with E-state index in [2.05, 4.69) is 15.7 Å². The SMILES string of the molecule is N[C@@H](CCC(=O)N[C@@H](CS[C@@H]1CCO[P@@](=O)(N(CCCl)CCCl)N1)C(=O)NCC(=O)O)C(=O)O. The smallest absolute Gasteiger partial charge is 0.344 e. The molecule has 0 saturated carbocycles. The monoisotopic (exact) mass is 565 g/mol. The van der Waals surface area contributed by atoms with Crippen LogP contribution in [0.4, 0.5) is 0 Å². The molecule has 0 bridgehead atoms. The van der Waals surface area contributed by atoms with Gasteiger partial charge in [0, 0.05) is 37.0 Å². The molecule has 0 aliphatic carbocycles. The van der Waals surface area contributed by atoms with Crippen LogP contribution in [0.2, 0.25) is 0 Å². The molecule has 4 atom stereocenters. The number of carbonyl (C=O) groups is 4. The Hall–Kier alpha value is -1.12. The summed E-state index contributed by atoms with van der Waals surface area (Å²) in [4.78, 5) is 46.3. The predicted molar refractivity (Wildman–Crippen MR) is 128 cm³/mol. The number of aliphatic carboxylic acids is 2. The second-order valence-corrected chi connectivity index (χ2v) is 11.3. The van der Waals surface area contributed by atoms with Crippen LogP contribution >= 0.6 is 42.6 Å². The third-order valence-electron chi connectivity index (χ3n) is 4.54. The van der Waals surface area contributed by atoms with E-state index in [9.17, 15) is 23.7 Å². The molecule has 1 fully saturated rings. The molecule has 1 rings (SSSR count). The summed E-state index contributed by atoms with van der Waals surface area (Å²) in [7, 11) is -3.42. The number of nitrogens with two attached hydrogens (primary N) is 1. The highest BCUT2D eigenvalue weighted by Gasteiger charge is 2.38. The van der Waals surface area contributed by atoms with E-state index in [1.165, 1.54) is 16.4 Å². The summed E-state index contributed by atoms with van der Waals surface area (Å²) in [5.74, 6) is -3.41. The molecule has 0 aromatic carbocycles. The summed E-state index contributed by atoms with van der Waals surface area (Å²) < 4.78 is 20.3. The number of rotatable bonds is 16. The molecule has 17 heteroatoms. The van der Waals surface area contributed by atoms with E-state index in [4.69, 9.17) is 43.7 Å². The van der Waals surface area contributed by atoms with E-state index in [0.29, 0.717) is 6.42 Å². The number of hydrogen-bond acceptors (Lipinski definition) is 8. The number of nitrogens with one attached hydrogen (secondary N) is 3. The Morgan fingerprint density at radius 3 is 2.44 bits per heavy atom. The average Bonchev–Trinajstić information content (AvgIpc) is 2.78. The van der Waals surface area contributed by atoms with Crippen molar-refractivity contribution in [3.8, 4) is 0 Å². The van der Waals surface area contributed by atoms with Gasteiger partial charge in [-0.25, -0.2) is 9.76 Å². The lowest BCUT2D eigenvalue weighted by molar-refractivity contribution is -0.139. The van der Waals surface area contributed by atoms with E-state index in [1.807, 2.05) is 0 Å². The first-order valence-corrected chi connectivity index (χ1v) is 14.0. The van der Waals surface area contributed by atoms with Crippen LogP contribution < -0.4 is 21.5 Å². The first kappa shape index (κ1) is 30.9. The van der Waals surface area contributed by atoms with Crippen molar-refractivity contribution in [3.05, 3.63) is 0 Å². The van der Waals surface area contributed by atoms with Crippen LogP contribution in [0.3, 0.4) is 0 Å². The third-order valence-corrected chi connectivity index (χ3v) is 8.65. The van der Waals surface area contributed by atoms with E-state index < -0.39 is 55.4 Å². The van der Waals surface area contributed by atoms with Gasteiger partial charge in [0.15, 0.2) is 0 Å². The molecule has 2 amide bonds. The fourth-order valence-electron chi connectivity index (χ4n) is 2.78.